The smallest absolute Gasteiger partial charge is 0.139 e. The third-order valence-corrected chi connectivity index (χ3v) is 3.11. The average molecular weight is 273 g/mol. The van der Waals surface area contributed by atoms with Crippen molar-refractivity contribution in [3.63, 3.8) is 0 Å². The minimum Gasteiger partial charge on any atom is -0.496 e. The van der Waals surface area contributed by atoms with E-state index in [-0.39, 0.29) is 12.7 Å². The number of ether oxygens (including phenoxy) is 2. The van der Waals surface area contributed by atoms with Gasteiger partial charge in [-0.05, 0) is 12.1 Å². The summed E-state index contributed by atoms with van der Waals surface area (Å²) in [7, 11) is 1.62. The van der Waals surface area contributed by atoms with Gasteiger partial charge in [0.1, 0.15) is 17.6 Å². The van der Waals surface area contributed by atoms with Crippen LogP contribution in [0.25, 0.3) is 0 Å². The van der Waals surface area contributed by atoms with Gasteiger partial charge in [-0.25, -0.2) is 0 Å². The van der Waals surface area contributed by atoms with E-state index in [1.807, 2.05) is 48.5 Å². The predicted molar refractivity (Wildman–Crippen MR) is 77.8 cm³/mol. The number of hydrogen-bond acceptors (Lipinski definition) is 4. The highest BCUT2D eigenvalue weighted by Crippen LogP contribution is 2.30. The first-order valence-electron chi connectivity index (χ1n) is 6.48. The molecule has 0 heterocycles. The number of hydrogen-bond donors (Lipinski definition) is 2. The topological polar surface area (TPSA) is 64.7 Å². The molecule has 4 heteroatoms. The highest BCUT2D eigenvalue weighted by atomic mass is 16.5. The summed E-state index contributed by atoms with van der Waals surface area (Å²) in [5, 5.41) is 9.34. The highest BCUT2D eigenvalue weighted by Gasteiger charge is 2.17. The van der Waals surface area contributed by atoms with Gasteiger partial charge < -0.3 is 20.3 Å². The van der Waals surface area contributed by atoms with Crippen molar-refractivity contribution in [3.05, 3.63) is 59.7 Å². The molecule has 0 aliphatic rings. The Labute approximate surface area is 118 Å². The van der Waals surface area contributed by atoms with Crippen molar-refractivity contribution in [2.75, 3.05) is 13.7 Å². The van der Waals surface area contributed by atoms with E-state index < -0.39 is 0 Å². The standard InChI is InChI=1S/C16H19NO3/c1-19-15-9-5-3-7-13(15)16(10-17)20-14-8-4-2-6-12(14)11-18/h2-9,16,18H,10-11,17H2,1H3. The van der Waals surface area contributed by atoms with Crippen LogP contribution < -0.4 is 15.2 Å². The van der Waals surface area contributed by atoms with Crippen molar-refractivity contribution in [2.45, 2.75) is 12.7 Å². The number of aliphatic hydroxyl groups is 1. The van der Waals surface area contributed by atoms with E-state index in [1.165, 1.54) is 0 Å². The zero-order chi connectivity index (χ0) is 14.4. The van der Waals surface area contributed by atoms with Crippen molar-refractivity contribution >= 4 is 0 Å². The summed E-state index contributed by atoms with van der Waals surface area (Å²) < 4.78 is 11.3. The van der Waals surface area contributed by atoms with Crippen LogP contribution in [0, 0.1) is 0 Å². The third kappa shape index (κ3) is 3.10. The second-order valence-electron chi connectivity index (χ2n) is 4.35. The number of nitrogens with two attached hydrogens (primary N) is 1. The Bertz CT molecular complexity index is 557. The van der Waals surface area contributed by atoms with Gasteiger partial charge in [-0.2, -0.15) is 0 Å². The van der Waals surface area contributed by atoms with E-state index in [0.717, 1.165) is 16.9 Å². The molecule has 106 valence electrons. The summed E-state index contributed by atoms with van der Waals surface area (Å²) in [5.41, 5.74) is 7.46. The Morgan fingerprint density at radius 3 is 2.35 bits per heavy atom. The molecule has 0 amide bonds. The summed E-state index contributed by atoms with van der Waals surface area (Å²) in [5.74, 6) is 1.38. The fourth-order valence-electron chi connectivity index (χ4n) is 2.07. The Kier molecular flexibility index (Phi) is 4.98. The zero-order valence-electron chi connectivity index (χ0n) is 11.5. The Morgan fingerprint density at radius 2 is 1.70 bits per heavy atom. The summed E-state index contributed by atoms with van der Waals surface area (Å²) >= 11 is 0. The Morgan fingerprint density at radius 1 is 1.05 bits per heavy atom. The van der Waals surface area contributed by atoms with Crippen LogP contribution in [0.5, 0.6) is 11.5 Å². The van der Waals surface area contributed by atoms with Crippen molar-refractivity contribution in [1.82, 2.24) is 0 Å². The van der Waals surface area contributed by atoms with Crippen LogP contribution in [-0.2, 0) is 6.61 Å². The van der Waals surface area contributed by atoms with Crippen LogP contribution in [0.15, 0.2) is 48.5 Å². The fourth-order valence-corrected chi connectivity index (χ4v) is 2.07. The lowest BCUT2D eigenvalue weighted by Crippen LogP contribution is -2.19. The van der Waals surface area contributed by atoms with Crippen LogP contribution in [0.4, 0.5) is 0 Å². The summed E-state index contributed by atoms with van der Waals surface area (Å²) in [4.78, 5) is 0. The molecule has 0 aliphatic carbocycles. The van der Waals surface area contributed by atoms with E-state index in [0.29, 0.717) is 12.3 Å². The van der Waals surface area contributed by atoms with Crippen LogP contribution in [0.1, 0.15) is 17.2 Å². The summed E-state index contributed by atoms with van der Waals surface area (Å²) in [6, 6.07) is 15.0. The fraction of sp³-hybridized carbons (Fsp3) is 0.250. The minimum atomic E-state index is -0.321. The first-order chi connectivity index (χ1) is 9.80. The molecule has 0 aliphatic heterocycles. The molecule has 0 bridgehead atoms. The molecule has 3 N–H and O–H groups in total. The van der Waals surface area contributed by atoms with Gasteiger partial charge in [-0.1, -0.05) is 36.4 Å². The van der Waals surface area contributed by atoms with Crippen LogP contribution in [-0.4, -0.2) is 18.8 Å². The summed E-state index contributed by atoms with van der Waals surface area (Å²) in [6.07, 6.45) is -0.321. The summed E-state index contributed by atoms with van der Waals surface area (Å²) in [6.45, 7) is 0.250. The van der Waals surface area contributed by atoms with E-state index >= 15 is 0 Å². The van der Waals surface area contributed by atoms with Crippen molar-refractivity contribution in [1.29, 1.82) is 0 Å². The van der Waals surface area contributed by atoms with E-state index in [4.69, 9.17) is 15.2 Å². The molecule has 0 aromatic heterocycles. The molecule has 1 atom stereocenters. The molecule has 0 fully saturated rings. The molecule has 2 aromatic rings. The number of para-hydroxylation sites is 2. The molecule has 4 nitrogen and oxygen atoms in total. The van der Waals surface area contributed by atoms with Gasteiger partial charge in [0, 0.05) is 17.7 Å². The molecule has 2 aromatic carbocycles. The minimum absolute atomic E-state index is 0.0701. The molecule has 0 saturated heterocycles. The molecule has 0 saturated carbocycles. The lowest BCUT2D eigenvalue weighted by Gasteiger charge is -2.21. The second-order valence-corrected chi connectivity index (χ2v) is 4.35. The van der Waals surface area contributed by atoms with Crippen molar-refractivity contribution in [3.8, 4) is 11.5 Å². The molecule has 0 spiro atoms. The van der Waals surface area contributed by atoms with Crippen molar-refractivity contribution in [2.24, 2.45) is 5.73 Å². The maximum Gasteiger partial charge on any atom is 0.139 e. The van der Waals surface area contributed by atoms with Gasteiger partial charge in [0.15, 0.2) is 0 Å². The predicted octanol–water partition coefficient (Wildman–Crippen LogP) is 2.27. The molecule has 0 radical (unpaired) electrons. The maximum atomic E-state index is 9.34. The van der Waals surface area contributed by atoms with Gasteiger partial charge >= 0.3 is 0 Å². The SMILES string of the molecule is COc1ccccc1C(CN)Oc1ccccc1CO. The molecule has 20 heavy (non-hydrogen) atoms. The van der Waals surface area contributed by atoms with E-state index in [2.05, 4.69) is 0 Å². The van der Waals surface area contributed by atoms with E-state index in [1.54, 1.807) is 7.11 Å². The molecule has 2 rings (SSSR count). The number of aliphatic hydroxyl groups excluding tert-OH is 1. The van der Waals surface area contributed by atoms with Gasteiger partial charge in [0.05, 0.1) is 13.7 Å². The average Bonchev–Trinajstić information content (AvgIpc) is 2.53. The van der Waals surface area contributed by atoms with Gasteiger partial charge in [-0.3, -0.25) is 0 Å². The largest absolute Gasteiger partial charge is 0.496 e. The monoisotopic (exact) mass is 273 g/mol. The number of rotatable bonds is 6. The zero-order valence-corrected chi connectivity index (χ0v) is 11.5. The lowest BCUT2D eigenvalue weighted by molar-refractivity contribution is 0.198. The highest BCUT2D eigenvalue weighted by molar-refractivity contribution is 5.38. The van der Waals surface area contributed by atoms with Gasteiger partial charge in [0.25, 0.3) is 0 Å². The van der Waals surface area contributed by atoms with Crippen LogP contribution in [0.2, 0.25) is 0 Å². The van der Waals surface area contributed by atoms with E-state index in [9.17, 15) is 5.11 Å². The molecular weight excluding hydrogens is 254 g/mol. The molecule has 1 unspecified atom stereocenters. The van der Waals surface area contributed by atoms with Crippen LogP contribution in [0.3, 0.4) is 0 Å². The Balaban J connectivity index is 2.29. The van der Waals surface area contributed by atoms with Gasteiger partial charge in [0.2, 0.25) is 0 Å². The quantitative estimate of drug-likeness (QED) is 0.847. The first-order valence-corrected chi connectivity index (χ1v) is 6.48. The Hall–Kier alpha value is -2.04. The first kappa shape index (κ1) is 14.4. The third-order valence-electron chi connectivity index (χ3n) is 3.11. The molecular formula is C16H19NO3. The number of methoxy groups -OCH3 is 1. The second kappa shape index (κ2) is 6.93. The normalized spacial score (nSPS) is 11.9. The van der Waals surface area contributed by atoms with Crippen LogP contribution >= 0.6 is 0 Å². The maximum absolute atomic E-state index is 9.34. The van der Waals surface area contributed by atoms with Crippen molar-refractivity contribution < 1.29 is 14.6 Å². The lowest BCUT2D eigenvalue weighted by atomic mass is 10.1. The number of benzene rings is 2. The van der Waals surface area contributed by atoms with Gasteiger partial charge in [-0.15, -0.1) is 0 Å².